The van der Waals surface area contributed by atoms with Gasteiger partial charge in [0, 0.05) is 6.04 Å². The maximum absolute atomic E-state index is 3.55. The zero-order valence-corrected chi connectivity index (χ0v) is 4.93. The molecular formula is C7H11N. The zero-order valence-electron chi connectivity index (χ0n) is 4.93. The van der Waals surface area contributed by atoms with Crippen LogP contribution >= 0.6 is 0 Å². The van der Waals surface area contributed by atoms with E-state index in [4.69, 9.17) is 0 Å². The molecule has 0 aromatic rings. The molecule has 1 heteroatoms. The lowest BCUT2D eigenvalue weighted by Crippen LogP contribution is -2.51. The lowest BCUT2D eigenvalue weighted by molar-refractivity contribution is -0.00198. The molecule has 3 aliphatic rings. The zero-order chi connectivity index (χ0) is 5.14. The van der Waals surface area contributed by atoms with E-state index < -0.39 is 0 Å². The molecule has 1 heterocycles. The van der Waals surface area contributed by atoms with E-state index in [2.05, 4.69) is 5.32 Å². The molecule has 4 atom stereocenters. The van der Waals surface area contributed by atoms with Crippen LogP contribution in [0.15, 0.2) is 0 Å². The second-order valence-electron chi connectivity index (χ2n) is 3.58. The Hall–Kier alpha value is -0.0400. The summed E-state index contributed by atoms with van der Waals surface area (Å²) in [7, 11) is 0. The molecule has 1 saturated heterocycles. The van der Waals surface area contributed by atoms with Crippen LogP contribution in [-0.2, 0) is 0 Å². The summed E-state index contributed by atoms with van der Waals surface area (Å²) in [5.74, 6) is 3.42. The largest absolute Gasteiger partial charge is 0.313 e. The SMILES string of the molecule is C1NC2CC3CC1[C@@H]32. The van der Waals surface area contributed by atoms with Gasteiger partial charge in [-0.3, -0.25) is 0 Å². The predicted octanol–water partition coefficient (Wildman–Crippen LogP) is 0.614. The van der Waals surface area contributed by atoms with Gasteiger partial charge in [-0.05, 0) is 37.1 Å². The summed E-state index contributed by atoms with van der Waals surface area (Å²) >= 11 is 0. The van der Waals surface area contributed by atoms with Gasteiger partial charge in [0.25, 0.3) is 0 Å². The van der Waals surface area contributed by atoms with Crippen LogP contribution in [0.5, 0.6) is 0 Å². The molecule has 1 aliphatic heterocycles. The Morgan fingerprint density at radius 3 is 2.75 bits per heavy atom. The Balaban J connectivity index is 1.96. The molecule has 3 fully saturated rings. The van der Waals surface area contributed by atoms with Crippen molar-refractivity contribution in [3.05, 3.63) is 0 Å². The van der Waals surface area contributed by atoms with E-state index in [0.29, 0.717) is 0 Å². The molecular weight excluding hydrogens is 98.1 g/mol. The Morgan fingerprint density at radius 2 is 2.12 bits per heavy atom. The van der Waals surface area contributed by atoms with Crippen molar-refractivity contribution in [1.82, 2.24) is 5.32 Å². The van der Waals surface area contributed by atoms with Crippen molar-refractivity contribution in [3.63, 3.8) is 0 Å². The number of hydrogen-bond donors (Lipinski definition) is 1. The third-order valence-corrected chi connectivity index (χ3v) is 3.36. The van der Waals surface area contributed by atoms with Gasteiger partial charge < -0.3 is 5.32 Å². The van der Waals surface area contributed by atoms with Crippen molar-refractivity contribution < 1.29 is 0 Å². The Labute approximate surface area is 49.5 Å². The molecule has 0 radical (unpaired) electrons. The van der Waals surface area contributed by atoms with Crippen molar-refractivity contribution in [2.24, 2.45) is 17.8 Å². The van der Waals surface area contributed by atoms with Gasteiger partial charge in [0.05, 0.1) is 0 Å². The molecule has 3 unspecified atom stereocenters. The van der Waals surface area contributed by atoms with Crippen molar-refractivity contribution in [2.45, 2.75) is 18.9 Å². The van der Waals surface area contributed by atoms with Crippen LogP contribution in [0.2, 0.25) is 0 Å². The minimum atomic E-state index is 0.971. The molecule has 3 rings (SSSR count). The quantitative estimate of drug-likeness (QED) is 0.480. The van der Waals surface area contributed by atoms with E-state index in [-0.39, 0.29) is 0 Å². The third-order valence-electron chi connectivity index (χ3n) is 3.36. The molecule has 2 saturated carbocycles. The molecule has 1 N–H and O–H groups in total. The highest BCUT2D eigenvalue weighted by Crippen LogP contribution is 2.57. The summed E-state index contributed by atoms with van der Waals surface area (Å²) in [6.07, 6.45) is 3.05. The lowest BCUT2D eigenvalue weighted by Gasteiger charge is -2.52. The van der Waals surface area contributed by atoms with E-state index in [0.717, 1.165) is 17.9 Å². The molecule has 2 aliphatic carbocycles. The number of nitrogens with one attached hydrogen (secondary N) is 1. The van der Waals surface area contributed by atoms with Crippen LogP contribution in [0.3, 0.4) is 0 Å². The molecule has 44 valence electrons. The van der Waals surface area contributed by atoms with Crippen LogP contribution in [-0.4, -0.2) is 12.6 Å². The number of rotatable bonds is 0. The van der Waals surface area contributed by atoms with Crippen molar-refractivity contribution in [2.75, 3.05) is 6.54 Å². The average molecular weight is 109 g/mol. The summed E-state index contributed by atoms with van der Waals surface area (Å²) in [6.45, 7) is 1.34. The summed E-state index contributed by atoms with van der Waals surface area (Å²) in [5.41, 5.74) is 0. The first-order valence-electron chi connectivity index (χ1n) is 3.68. The first-order valence-corrected chi connectivity index (χ1v) is 3.68. The first-order chi connectivity index (χ1) is 3.95. The Morgan fingerprint density at radius 1 is 1.12 bits per heavy atom. The van der Waals surface area contributed by atoms with Crippen LogP contribution in [0.25, 0.3) is 0 Å². The molecule has 8 heavy (non-hydrogen) atoms. The van der Waals surface area contributed by atoms with Crippen molar-refractivity contribution >= 4 is 0 Å². The predicted molar refractivity (Wildman–Crippen MR) is 31.5 cm³/mol. The fourth-order valence-electron chi connectivity index (χ4n) is 2.83. The summed E-state index contributed by atoms with van der Waals surface area (Å²) in [5, 5.41) is 3.55. The molecule has 0 bridgehead atoms. The molecule has 1 nitrogen and oxygen atoms in total. The van der Waals surface area contributed by atoms with Crippen molar-refractivity contribution in [3.8, 4) is 0 Å². The summed E-state index contributed by atoms with van der Waals surface area (Å²) in [6, 6.07) is 0.971. The highest BCUT2D eigenvalue weighted by molar-refractivity contribution is 5.10. The van der Waals surface area contributed by atoms with Gasteiger partial charge in [-0.2, -0.15) is 0 Å². The van der Waals surface area contributed by atoms with Crippen LogP contribution in [0, 0.1) is 17.8 Å². The standard InChI is InChI=1S/C7H11N/c1-4-2-6-7(4)5(1)3-8-6/h4-8H,1-3H2/t4?,5?,6?,7-/m1/s1. The molecule has 0 aromatic carbocycles. The molecule has 0 spiro atoms. The minimum Gasteiger partial charge on any atom is -0.313 e. The molecule has 0 aromatic heterocycles. The topological polar surface area (TPSA) is 12.0 Å². The Kier molecular flexibility index (Phi) is 0.472. The van der Waals surface area contributed by atoms with Gasteiger partial charge >= 0.3 is 0 Å². The fraction of sp³-hybridized carbons (Fsp3) is 1.00. The smallest absolute Gasteiger partial charge is 0.0104 e. The Bertz CT molecular complexity index is 114. The summed E-state index contributed by atoms with van der Waals surface area (Å²) in [4.78, 5) is 0. The van der Waals surface area contributed by atoms with Gasteiger partial charge in [-0.1, -0.05) is 0 Å². The van der Waals surface area contributed by atoms with Gasteiger partial charge in [0.1, 0.15) is 0 Å². The van der Waals surface area contributed by atoms with Crippen molar-refractivity contribution in [1.29, 1.82) is 0 Å². The van der Waals surface area contributed by atoms with E-state index in [1.807, 2.05) is 0 Å². The average Bonchev–Trinajstić information content (AvgIpc) is 2.02. The van der Waals surface area contributed by atoms with E-state index >= 15 is 0 Å². The maximum atomic E-state index is 3.55. The monoisotopic (exact) mass is 109 g/mol. The van der Waals surface area contributed by atoms with Crippen LogP contribution in [0.1, 0.15) is 12.8 Å². The second-order valence-corrected chi connectivity index (χ2v) is 3.58. The van der Waals surface area contributed by atoms with E-state index in [1.165, 1.54) is 18.9 Å². The minimum absolute atomic E-state index is 0.971. The summed E-state index contributed by atoms with van der Waals surface area (Å²) < 4.78 is 0. The van der Waals surface area contributed by atoms with Crippen LogP contribution in [0.4, 0.5) is 0 Å². The van der Waals surface area contributed by atoms with E-state index in [1.54, 1.807) is 6.42 Å². The normalized spacial score (nSPS) is 66.0. The molecule has 0 amide bonds. The van der Waals surface area contributed by atoms with Gasteiger partial charge in [-0.15, -0.1) is 0 Å². The maximum Gasteiger partial charge on any atom is 0.0104 e. The third kappa shape index (κ3) is 0.235. The second kappa shape index (κ2) is 0.971. The fourth-order valence-corrected chi connectivity index (χ4v) is 2.83. The highest BCUT2D eigenvalue weighted by Gasteiger charge is 2.57. The van der Waals surface area contributed by atoms with Gasteiger partial charge in [0.2, 0.25) is 0 Å². The number of hydrogen-bond acceptors (Lipinski definition) is 1. The highest BCUT2D eigenvalue weighted by atomic mass is 15.0. The first kappa shape index (κ1) is 3.89. The van der Waals surface area contributed by atoms with Gasteiger partial charge in [0.15, 0.2) is 0 Å². The van der Waals surface area contributed by atoms with E-state index in [9.17, 15) is 0 Å². The lowest BCUT2D eigenvalue weighted by atomic mass is 9.53. The van der Waals surface area contributed by atoms with Crippen LogP contribution < -0.4 is 5.32 Å². The van der Waals surface area contributed by atoms with Gasteiger partial charge in [-0.25, -0.2) is 0 Å².